The minimum absolute atomic E-state index is 0.307. The zero-order chi connectivity index (χ0) is 13.1. The summed E-state index contributed by atoms with van der Waals surface area (Å²) in [5.74, 6) is 0.783. The molecule has 0 aromatic rings. The molecule has 0 spiro atoms. The Bertz CT molecular complexity index is 226. The van der Waals surface area contributed by atoms with Gasteiger partial charge in [0.15, 0.2) is 0 Å². The third-order valence-electron chi connectivity index (χ3n) is 4.25. The standard InChI is InChI=1S/C14H31N3/c1-14(2,8-9-15)13(16(3)4)12-7-6-10-17(5)11-12/h12-13H,6-11,15H2,1-5H3. The molecule has 0 aliphatic carbocycles. The van der Waals surface area contributed by atoms with E-state index in [1.54, 1.807) is 0 Å². The van der Waals surface area contributed by atoms with E-state index in [0.29, 0.717) is 11.5 Å². The maximum atomic E-state index is 5.78. The van der Waals surface area contributed by atoms with Gasteiger partial charge in [0, 0.05) is 12.6 Å². The minimum atomic E-state index is 0.307. The maximum absolute atomic E-state index is 5.78. The van der Waals surface area contributed by atoms with Gasteiger partial charge in [-0.2, -0.15) is 0 Å². The summed E-state index contributed by atoms with van der Waals surface area (Å²) in [6.07, 6.45) is 3.81. The molecule has 1 rings (SSSR count). The number of piperidine rings is 1. The Balaban J connectivity index is 2.77. The molecule has 1 aliphatic heterocycles. The molecule has 102 valence electrons. The first-order valence-electron chi connectivity index (χ1n) is 6.93. The molecule has 1 heterocycles. The summed E-state index contributed by atoms with van der Waals surface area (Å²) in [4.78, 5) is 4.89. The van der Waals surface area contributed by atoms with Crippen molar-refractivity contribution in [1.29, 1.82) is 0 Å². The number of likely N-dealkylation sites (tertiary alicyclic amines) is 1. The minimum Gasteiger partial charge on any atom is -0.330 e. The van der Waals surface area contributed by atoms with Crippen LogP contribution in [0.25, 0.3) is 0 Å². The molecule has 1 fully saturated rings. The fraction of sp³-hybridized carbons (Fsp3) is 1.00. The van der Waals surface area contributed by atoms with Gasteiger partial charge >= 0.3 is 0 Å². The molecule has 0 saturated carbocycles. The van der Waals surface area contributed by atoms with Crippen LogP contribution in [0.1, 0.15) is 33.1 Å². The first-order valence-corrected chi connectivity index (χ1v) is 6.93. The molecule has 0 amide bonds. The van der Waals surface area contributed by atoms with Crippen LogP contribution < -0.4 is 5.73 Å². The Kier molecular flexibility index (Phi) is 5.42. The summed E-state index contributed by atoms with van der Waals surface area (Å²) in [7, 11) is 6.68. The van der Waals surface area contributed by atoms with Crippen LogP contribution in [0.2, 0.25) is 0 Å². The molecule has 0 bridgehead atoms. The second kappa shape index (κ2) is 6.17. The second-order valence-corrected chi connectivity index (χ2v) is 6.60. The van der Waals surface area contributed by atoms with E-state index in [-0.39, 0.29) is 0 Å². The van der Waals surface area contributed by atoms with Gasteiger partial charge in [-0.25, -0.2) is 0 Å². The lowest BCUT2D eigenvalue weighted by Crippen LogP contribution is -2.51. The number of hydrogen-bond donors (Lipinski definition) is 1. The van der Waals surface area contributed by atoms with Crippen LogP contribution in [-0.4, -0.2) is 56.6 Å². The third kappa shape index (κ3) is 3.94. The van der Waals surface area contributed by atoms with Crippen LogP contribution in [0, 0.1) is 11.3 Å². The number of nitrogens with zero attached hydrogens (tertiary/aromatic N) is 2. The summed E-state index contributed by atoms with van der Waals surface area (Å²) in [5, 5.41) is 0. The summed E-state index contributed by atoms with van der Waals surface area (Å²) in [6.45, 7) is 8.03. The van der Waals surface area contributed by atoms with Gasteiger partial charge in [-0.15, -0.1) is 0 Å². The Morgan fingerprint density at radius 2 is 2.06 bits per heavy atom. The smallest absolute Gasteiger partial charge is 0.0181 e. The normalized spacial score (nSPS) is 25.2. The van der Waals surface area contributed by atoms with Gasteiger partial charge in [-0.1, -0.05) is 13.8 Å². The molecule has 0 aromatic heterocycles. The topological polar surface area (TPSA) is 32.5 Å². The first-order chi connectivity index (χ1) is 7.88. The van der Waals surface area contributed by atoms with Gasteiger partial charge in [0.1, 0.15) is 0 Å². The van der Waals surface area contributed by atoms with Crippen molar-refractivity contribution in [2.45, 2.75) is 39.2 Å². The molecule has 1 aliphatic rings. The Labute approximate surface area is 107 Å². The average molecular weight is 241 g/mol. The predicted molar refractivity (Wildman–Crippen MR) is 75.1 cm³/mol. The van der Waals surface area contributed by atoms with Crippen LogP contribution in [0.3, 0.4) is 0 Å². The van der Waals surface area contributed by atoms with Crippen LogP contribution in [0.15, 0.2) is 0 Å². The number of rotatable bonds is 5. The van der Waals surface area contributed by atoms with E-state index in [4.69, 9.17) is 5.73 Å². The molecule has 1 saturated heterocycles. The molecular formula is C14H31N3. The first kappa shape index (κ1) is 14.9. The van der Waals surface area contributed by atoms with Crippen molar-refractivity contribution < 1.29 is 0 Å². The number of hydrogen-bond acceptors (Lipinski definition) is 3. The van der Waals surface area contributed by atoms with E-state index in [2.05, 4.69) is 44.8 Å². The molecular weight excluding hydrogens is 210 g/mol. The largest absolute Gasteiger partial charge is 0.330 e. The van der Waals surface area contributed by atoms with E-state index in [1.807, 2.05) is 0 Å². The van der Waals surface area contributed by atoms with Gasteiger partial charge in [-0.05, 0) is 64.8 Å². The van der Waals surface area contributed by atoms with Gasteiger partial charge in [0.2, 0.25) is 0 Å². The lowest BCUT2D eigenvalue weighted by molar-refractivity contribution is 0.0379. The van der Waals surface area contributed by atoms with Crippen molar-refractivity contribution in [3.63, 3.8) is 0 Å². The summed E-state index contributed by atoms with van der Waals surface area (Å²) in [5.41, 5.74) is 6.09. The molecule has 2 atom stereocenters. The SMILES string of the molecule is CN1CCCC(C(N(C)C)C(C)(C)CCN)C1. The molecule has 2 N–H and O–H groups in total. The molecule has 3 nitrogen and oxygen atoms in total. The second-order valence-electron chi connectivity index (χ2n) is 6.60. The van der Waals surface area contributed by atoms with Crippen molar-refractivity contribution in [3.8, 4) is 0 Å². The fourth-order valence-electron chi connectivity index (χ4n) is 3.74. The van der Waals surface area contributed by atoms with Crippen molar-refractivity contribution >= 4 is 0 Å². The monoisotopic (exact) mass is 241 g/mol. The highest BCUT2D eigenvalue weighted by atomic mass is 15.2. The lowest BCUT2D eigenvalue weighted by Gasteiger charge is -2.46. The summed E-state index contributed by atoms with van der Waals surface area (Å²) < 4.78 is 0. The van der Waals surface area contributed by atoms with Crippen LogP contribution in [0.5, 0.6) is 0 Å². The molecule has 17 heavy (non-hydrogen) atoms. The summed E-state index contributed by atoms with van der Waals surface area (Å²) >= 11 is 0. The van der Waals surface area contributed by atoms with E-state index >= 15 is 0 Å². The van der Waals surface area contributed by atoms with Crippen LogP contribution in [-0.2, 0) is 0 Å². The van der Waals surface area contributed by atoms with Crippen LogP contribution >= 0.6 is 0 Å². The zero-order valence-corrected chi connectivity index (χ0v) is 12.4. The maximum Gasteiger partial charge on any atom is 0.0181 e. The number of nitrogens with two attached hydrogens (primary N) is 1. The highest BCUT2D eigenvalue weighted by molar-refractivity contribution is 4.92. The molecule has 0 aromatic carbocycles. The van der Waals surface area contributed by atoms with E-state index < -0.39 is 0 Å². The van der Waals surface area contributed by atoms with Crippen molar-refractivity contribution in [2.75, 3.05) is 40.8 Å². The van der Waals surface area contributed by atoms with Gasteiger partial charge < -0.3 is 15.5 Å². The zero-order valence-electron chi connectivity index (χ0n) is 12.4. The van der Waals surface area contributed by atoms with E-state index in [9.17, 15) is 0 Å². The Hall–Kier alpha value is -0.120. The highest BCUT2D eigenvalue weighted by Crippen LogP contribution is 2.36. The van der Waals surface area contributed by atoms with Crippen molar-refractivity contribution in [2.24, 2.45) is 17.1 Å². The van der Waals surface area contributed by atoms with E-state index in [0.717, 1.165) is 18.9 Å². The lowest BCUT2D eigenvalue weighted by atomic mass is 9.72. The third-order valence-corrected chi connectivity index (χ3v) is 4.25. The van der Waals surface area contributed by atoms with Gasteiger partial charge in [0.05, 0.1) is 0 Å². The molecule has 0 radical (unpaired) electrons. The van der Waals surface area contributed by atoms with Gasteiger partial charge in [-0.3, -0.25) is 0 Å². The Morgan fingerprint density at radius 3 is 2.53 bits per heavy atom. The van der Waals surface area contributed by atoms with Gasteiger partial charge in [0.25, 0.3) is 0 Å². The van der Waals surface area contributed by atoms with Crippen LogP contribution in [0.4, 0.5) is 0 Å². The fourth-order valence-corrected chi connectivity index (χ4v) is 3.74. The predicted octanol–water partition coefficient (Wildman–Crippen LogP) is 1.63. The molecule has 2 unspecified atom stereocenters. The average Bonchev–Trinajstić information content (AvgIpc) is 2.15. The highest BCUT2D eigenvalue weighted by Gasteiger charge is 2.37. The van der Waals surface area contributed by atoms with Crippen molar-refractivity contribution in [1.82, 2.24) is 9.80 Å². The Morgan fingerprint density at radius 1 is 1.41 bits per heavy atom. The quantitative estimate of drug-likeness (QED) is 0.794. The van der Waals surface area contributed by atoms with Crippen molar-refractivity contribution in [3.05, 3.63) is 0 Å². The summed E-state index contributed by atoms with van der Waals surface area (Å²) in [6, 6.07) is 0.633. The molecule has 3 heteroatoms. The van der Waals surface area contributed by atoms with E-state index in [1.165, 1.54) is 25.9 Å².